The Balaban J connectivity index is 3.00. The van der Waals surface area contributed by atoms with Crippen LogP contribution < -0.4 is 5.30 Å². The third-order valence-electron chi connectivity index (χ3n) is 1.65. The minimum Gasteiger partial charge on any atom is -0.326 e. The number of hydrogen-bond donors (Lipinski definition) is 0. The van der Waals surface area contributed by atoms with Gasteiger partial charge in [0, 0.05) is 16.4 Å². The van der Waals surface area contributed by atoms with Crippen molar-refractivity contribution in [2.75, 3.05) is 13.3 Å². The molecule has 0 aromatic heterocycles. The van der Waals surface area contributed by atoms with Gasteiger partial charge >= 0.3 is 0 Å². The van der Waals surface area contributed by atoms with Gasteiger partial charge in [-0.1, -0.05) is 22.0 Å². The zero-order chi connectivity index (χ0) is 9.90. The van der Waals surface area contributed by atoms with E-state index in [9.17, 15) is 4.57 Å². The van der Waals surface area contributed by atoms with Gasteiger partial charge < -0.3 is 4.52 Å². The van der Waals surface area contributed by atoms with E-state index in [-0.39, 0.29) is 0 Å². The van der Waals surface area contributed by atoms with Gasteiger partial charge in [0.05, 0.1) is 6.61 Å². The van der Waals surface area contributed by atoms with Crippen LogP contribution in [0.25, 0.3) is 0 Å². The van der Waals surface area contributed by atoms with Gasteiger partial charge in [-0.05, 0) is 25.1 Å². The molecule has 1 atom stereocenters. The molecule has 2 nitrogen and oxygen atoms in total. The van der Waals surface area contributed by atoms with E-state index in [0.717, 1.165) is 9.78 Å². The predicted molar refractivity (Wildman–Crippen MR) is 58.9 cm³/mol. The second kappa shape index (κ2) is 4.41. The molecule has 4 heteroatoms. The molecule has 0 N–H and O–H groups in total. The van der Waals surface area contributed by atoms with E-state index in [4.69, 9.17) is 4.52 Å². The van der Waals surface area contributed by atoms with E-state index in [1.54, 1.807) is 6.66 Å². The quantitative estimate of drug-likeness (QED) is 0.783. The largest absolute Gasteiger partial charge is 0.326 e. The van der Waals surface area contributed by atoms with Crippen molar-refractivity contribution in [2.24, 2.45) is 0 Å². The second-order valence-electron chi connectivity index (χ2n) is 2.74. The van der Waals surface area contributed by atoms with Crippen LogP contribution in [0.2, 0.25) is 0 Å². The Bertz CT molecular complexity index is 338. The lowest BCUT2D eigenvalue weighted by Gasteiger charge is -2.12. The molecule has 0 aliphatic heterocycles. The highest BCUT2D eigenvalue weighted by molar-refractivity contribution is 9.10. The molecular formula is C9H12BrO2P. The van der Waals surface area contributed by atoms with Crippen molar-refractivity contribution in [1.82, 2.24) is 0 Å². The van der Waals surface area contributed by atoms with E-state index in [1.807, 2.05) is 31.2 Å². The summed E-state index contributed by atoms with van der Waals surface area (Å²) < 4.78 is 18.1. The topological polar surface area (TPSA) is 26.3 Å². The Morgan fingerprint density at radius 1 is 1.54 bits per heavy atom. The number of hydrogen-bond acceptors (Lipinski definition) is 2. The standard InChI is InChI=1S/C9H12BrO2P/c1-3-12-13(2,11)9-6-4-5-8(10)7-9/h4-7H,3H2,1-2H3. The van der Waals surface area contributed by atoms with Crippen molar-refractivity contribution in [3.05, 3.63) is 28.7 Å². The highest BCUT2D eigenvalue weighted by atomic mass is 79.9. The fourth-order valence-corrected chi connectivity index (χ4v) is 3.00. The summed E-state index contributed by atoms with van der Waals surface area (Å²) in [5.74, 6) is 0. The summed E-state index contributed by atoms with van der Waals surface area (Å²) in [5, 5.41) is 0.753. The number of benzene rings is 1. The van der Waals surface area contributed by atoms with E-state index >= 15 is 0 Å². The zero-order valence-corrected chi connectivity index (χ0v) is 10.1. The van der Waals surface area contributed by atoms with Crippen LogP contribution >= 0.6 is 23.3 Å². The molecule has 1 aromatic carbocycles. The van der Waals surface area contributed by atoms with Crippen molar-refractivity contribution in [3.63, 3.8) is 0 Å². The lowest BCUT2D eigenvalue weighted by molar-refractivity contribution is 0.345. The van der Waals surface area contributed by atoms with Crippen molar-refractivity contribution in [1.29, 1.82) is 0 Å². The first-order valence-corrected chi connectivity index (χ1v) is 6.91. The molecule has 72 valence electrons. The van der Waals surface area contributed by atoms with Crippen LogP contribution in [-0.2, 0) is 9.09 Å². The summed E-state index contributed by atoms with van der Waals surface area (Å²) in [5.41, 5.74) is 0. The van der Waals surface area contributed by atoms with Gasteiger partial charge in [0.1, 0.15) is 0 Å². The average Bonchev–Trinajstić information content (AvgIpc) is 2.04. The van der Waals surface area contributed by atoms with Crippen molar-refractivity contribution in [2.45, 2.75) is 6.92 Å². The summed E-state index contributed by atoms with van der Waals surface area (Å²) >= 11 is 3.33. The molecule has 0 amide bonds. The number of rotatable bonds is 3. The first kappa shape index (κ1) is 11.0. The minimum atomic E-state index is -2.60. The van der Waals surface area contributed by atoms with E-state index in [0.29, 0.717) is 6.61 Å². The first-order valence-electron chi connectivity index (χ1n) is 4.04. The molecule has 0 aliphatic carbocycles. The lowest BCUT2D eigenvalue weighted by Crippen LogP contribution is -2.05. The zero-order valence-electron chi connectivity index (χ0n) is 7.66. The van der Waals surface area contributed by atoms with Gasteiger partial charge in [-0.25, -0.2) is 0 Å². The first-order chi connectivity index (χ1) is 6.06. The molecule has 0 aliphatic rings. The summed E-state index contributed by atoms with van der Waals surface area (Å²) in [4.78, 5) is 0. The lowest BCUT2D eigenvalue weighted by atomic mass is 10.4. The maximum Gasteiger partial charge on any atom is 0.229 e. The van der Waals surface area contributed by atoms with Gasteiger partial charge in [-0.2, -0.15) is 0 Å². The van der Waals surface area contributed by atoms with Crippen molar-refractivity contribution >= 4 is 28.6 Å². The maximum atomic E-state index is 11.9. The van der Waals surface area contributed by atoms with Gasteiger partial charge in [-0.3, -0.25) is 4.57 Å². The monoisotopic (exact) mass is 262 g/mol. The van der Waals surface area contributed by atoms with Gasteiger partial charge in [0.25, 0.3) is 0 Å². The Hall–Kier alpha value is -0.110. The van der Waals surface area contributed by atoms with Crippen LogP contribution in [0.3, 0.4) is 0 Å². The maximum absolute atomic E-state index is 11.9. The molecule has 1 rings (SSSR count). The number of halogens is 1. The summed E-state index contributed by atoms with van der Waals surface area (Å²) in [6.45, 7) is 3.95. The molecule has 1 aromatic rings. The normalized spacial score (nSPS) is 15.3. The molecule has 1 unspecified atom stereocenters. The van der Waals surface area contributed by atoms with Gasteiger partial charge in [-0.15, -0.1) is 0 Å². The van der Waals surface area contributed by atoms with Crippen LogP contribution in [0.5, 0.6) is 0 Å². The molecule has 0 radical (unpaired) electrons. The van der Waals surface area contributed by atoms with Crippen LogP contribution in [0.15, 0.2) is 28.7 Å². The Morgan fingerprint density at radius 3 is 2.77 bits per heavy atom. The van der Waals surface area contributed by atoms with Crippen LogP contribution in [0.4, 0.5) is 0 Å². The van der Waals surface area contributed by atoms with Crippen molar-refractivity contribution in [3.8, 4) is 0 Å². The summed E-state index contributed by atoms with van der Waals surface area (Å²) in [7, 11) is -2.60. The smallest absolute Gasteiger partial charge is 0.229 e. The third kappa shape index (κ3) is 2.94. The Kier molecular flexibility index (Phi) is 3.72. The average molecular weight is 263 g/mol. The fraction of sp³-hybridized carbons (Fsp3) is 0.333. The highest BCUT2D eigenvalue weighted by Crippen LogP contribution is 2.41. The molecule has 0 saturated carbocycles. The Labute approximate surface area is 86.9 Å². The van der Waals surface area contributed by atoms with E-state index in [2.05, 4.69) is 15.9 Å². The SMILES string of the molecule is CCOP(C)(=O)c1cccc(Br)c1. The fourth-order valence-electron chi connectivity index (χ4n) is 1.05. The highest BCUT2D eigenvalue weighted by Gasteiger charge is 2.17. The van der Waals surface area contributed by atoms with E-state index < -0.39 is 7.37 Å². The molecule has 0 bridgehead atoms. The van der Waals surface area contributed by atoms with Crippen LogP contribution in [0, 0.1) is 0 Å². The second-order valence-corrected chi connectivity index (χ2v) is 6.13. The Morgan fingerprint density at radius 2 is 2.23 bits per heavy atom. The van der Waals surface area contributed by atoms with E-state index in [1.165, 1.54) is 0 Å². The van der Waals surface area contributed by atoms with Crippen LogP contribution in [-0.4, -0.2) is 13.3 Å². The predicted octanol–water partition coefficient (Wildman–Crippen LogP) is 3.02. The molecule has 0 saturated heterocycles. The molecule has 13 heavy (non-hydrogen) atoms. The van der Waals surface area contributed by atoms with Gasteiger partial charge in [0.15, 0.2) is 0 Å². The summed E-state index contributed by atoms with van der Waals surface area (Å²) in [6, 6.07) is 7.40. The van der Waals surface area contributed by atoms with Crippen molar-refractivity contribution < 1.29 is 9.09 Å². The molecular weight excluding hydrogens is 251 g/mol. The molecule has 0 fully saturated rings. The summed E-state index contributed by atoms with van der Waals surface area (Å²) in [6.07, 6.45) is 0. The molecule has 0 heterocycles. The molecule has 0 spiro atoms. The third-order valence-corrected chi connectivity index (χ3v) is 4.11. The van der Waals surface area contributed by atoms with Crippen LogP contribution in [0.1, 0.15) is 6.92 Å². The van der Waals surface area contributed by atoms with Gasteiger partial charge in [0.2, 0.25) is 7.37 Å². The minimum absolute atomic E-state index is 0.473.